The van der Waals surface area contributed by atoms with Crippen LogP contribution in [0.3, 0.4) is 0 Å². The Balaban J connectivity index is 2.29. The van der Waals surface area contributed by atoms with Gasteiger partial charge in [-0.05, 0) is 24.1 Å². The topological polar surface area (TPSA) is 37.9 Å². The molecule has 0 unspecified atom stereocenters. The molecule has 1 N–H and O–H groups in total. The molecule has 18 heavy (non-hydrogen) atoms. The van der Waals surface area contributed by atoms with E-state index in [4.69, 9.17) is 17.0 Å². The van der Waals surface area contributed by atoms with E-state index >= 15 is 0 Å². The molecule has 0 atom stereocenters. The van der Waals surface area contributed by atoms with Crippen LogP contribution in [0.4, 0.5) is 0 Å². The summed E-state index contributed by atoms with van der Waals surface area (Å²) in [5, 5.41) is 0. The van der Waals surface area contributed by atoms with E-state index < -0.39 is 0 Å². The number of rotatable bonds is 4. The number of aromatic amines is 1. The number of methoxy groups -OCH3 is 1. The largest absolute Gasteiger partial charge is 0.378 e. The van der Waals surface area contributed by atoms with Crippen LogP contribution in [0.25, 0.3) is 0 Å². The molecule has 1 aromatic heterocycles. The van der Waals surface area contributed by atoms with Gasteiger partial charge in [-0.25, -0.2) is 4.98 Å². The number of hydrogen-bond donors (Lipinski definition) is 1. The summed E-state index contributed by atoms with van der Waals surface area (Å²) in [5.41, 5.74) is 3.47. The van der Waals surface area contributed by atoms with Gasteiger partial charge in [0.1, 0.15) is 10.5 Å². The van der Waals surface area contributed by atoms with Crippen molar-refractivity contribution in [2.45, 2.75) is 20.0 Å². The van der Waals surface area contributed by atoms with E-state index in [0.717, 1.165) is 17.9 Å². The Labute approximate surface area is 112 Å². The summed E-state index contributed by atoms with van der Waals surface area (Å²) < 4.78 is 5.71. The maximum absolute atomic E-state index is 5.16. The summed E-state index contributed by atoms with van der Waals surface area (Å²) >= 11 is 5.16. The first-order valence-electron chi connectivity index (χ1n) is 5.81. The Kier molecular flexibility index (Phi) is 4.23. The zero-order valence-corrected chi connectivity index (χ0v) is 11.4. The second-order valence-corrected chi connectivity index (χ2v) is 4.65. The van der Waals surface area contributed by atoms with Crippen LogP contribution in [0, 0.1) is 11.6 Å². The number of aryl methyl sites for hydroxylation is 1. The number of H-pyrrole nitrogens is 1. The molecule has 1 heterocycles. The van der Waals surface area contributed by atoms with Crippen molar-refractivity contribution in [2.24, 2.45) is 0 Å². The van der Waals surface area contributed by atoms with Crippen molar-refractivity contribution < 1.29 is 4.74 Å². The van der Waals surface area contributed by atoms with Gasteiger partial charge in [0.15, 0.2) is 0 Å². The highest BCUT2D eigenvalue weighted by Gasteiger charge is 2.03. The van der Waals surface area contributed by atoms with Gasteiger partial charge in [0, 0.05) is 19.2 Å². The van der Waals surface area contributed by atoms with E-state index in [0.29, 0.717) is 11.2 Å². The van der Waals surface area contributed by atoms with Crippen LogP contribution in [-0.2, 0) is 17.8 Å². The van der Waals surface area contributed by atoms with Crippen molar-refractivity contribution in [3.05, 3.63) is 57.6 Å². The lowest BCUT2D eigenvalue weighted by Crippen LogP contribution is -2.02. The van der Waals surface area contributed by atoms with Crippen molar-refractivity contribution >= 4 is 12.2 Å². The summed E-state index contributed by atoms with van der Waals surface area (Å²) in [5.74, 6) is 0.879. The highest BCUT2D eigenvalue weighted by atomic mass is 32.1. The van der Waals surface area contributed by atoms with Crippen molar-refractivity contribution in [3.8, 4) is 0 Å². The maximum Gasteiger partial charge on any atom is 0.130 e. The van der Waals surface area contributed by atoms with E-state index in [9.17, 15) is 0 Å². The van der Waals surface area contributed by atoms with Crippen LogP contribution in [0.1, 0.15) is 22.6 Å². The average Bonchev–Trinajstić information content (AvgIpc) is 2.32. The average molecular weight is 260 g/mol. The Morgan fingerprint density at radius 1 is 1.33 bits per heavy atom. The summed E-state index contributed by atoms with van der Waals surface area (Å²) in [4.78, 5) is 7.62. The molecule has 0 aliphatic heterocycles. The van der Waals surface area contributed by atoms with Crippen LogP contribution in [-0.4, -0.2) is 17.1 Å². The van der Waals surface area contributed by atoms with Crippen LogP contribution in [0.5, 0.6) is 0 Å². The van der Waals surface area contributed by atoms with Crippen LogP contribution in [0.15, 0.2) is 30.3 Å². The van der Waals surface area contributed by atoms with Gasteiger partial charge in [0.25, 0.3) is 0 Å². The fourth-order valence-corrected chi connectivity index (χ4v) is 2.12. The van der Waals surface area contributed by atoms with Crippen molar-refractivity contribution in [1.82, 2.24) is 9.97 Å². The lowest BCUT2D eigenvalue weighted by atomic mass is 10.1. The molecule has 0 amide bonds. The minimum absolute atomic E-state index is 0.521. The molecule has 0 fully saturated rings. The Morgan fingerprint density at radius 2 is 2.11 bits per heavy atom. The molecule has 3 nitrogen and oxygen atoms in total. The molecule has 0 aliphatic rings. The highest BCUT2D eigenvalue weighted by molar-refractivity contribution is 7.71. The molecule has 94 valence electrons. The quantitative estimate of drug-likeness (QED) is 0.858. The highest BCUT2D eigenvalue weighted by Crippen LogP contribution is 2.11. The molecule has 1 aromatic carbocycles. The molecule has 0 spiro atoms. The molecular weight excluding hydrogens is 244 g/mol. The Hall–Kier alpha value is -1.52. The second-order valence-electron chi connectivity index (χ2n) is 4.23. The molecule has 0 saturated carbocycles. The van der Waals surface area contributed by atoms with E-state index in [-0.39, 0.29) is 0 Å². The molecule has 2 rings (SSSR count). The third-order valence-electron chi connectivity index (χ3n) is 2.77. The monoisotopic (exact) mass is 260 g/mol. The number of ether oxygens (including phenoxy) is 1. The first-order valence-corrected chi connectivity index (χ1v) is 6.22. The fourth-order valence-electron chi connectivity index (χ4n) is 1.87. The molecule has 0 bridgehead atoms. The first-order chi connectivity index (χ1) is 8.69. The number of hydrogen-bond acceptors (Lipinski definition) is 3. The smallest absolute Gasteiger partial charge is 0.130 e. The van der Waals surface area contributed by atoms with Crippen LogP contribution >= 0.6 is 12.2 Å². The van der Waals surface area contributed by atoms with Crippen LogP contribution in [0.2, 0.25) is 0 Å². The second kappa shape index (κ2) is 5.89. The van der Waals surface area contributed by atoms with Crippen molar-refractivity contribution in [2.75, 3.05) is 7.11 Å². The van der Waals surface area contributed by atoms with Crippen molar-refractivity contribution in [3.63, 3.8) is 0 Å². The summed E-state index contributed by atoms with van der Waals surface area (Å²) in [6, 6.07) is 10.1. The van der Waals surface area contributed by atoms with Gasteiger partial charge in [-0.3, -0.25) is 0 Å². The van der Waals surface area contributed by atoms with Gasteiger partial charge < -0.3 is 9.72 Å². The van der Waals surface area contributed by atoms with Gasteiger partial charge in [-0.2, -0.15) is 0 Å². The zero-order valence-electron chi connectivity index (χ0n) is 10.6. The third kappa shape index (κ3) is 3.24. The molecule has 4 heteroatoms. The van der Waals surface area contributed by atoms with Gasteiger partial charge in [-0.15, -0.1) is 0 Å². The maximum atomic E-state index is 5.16. The third-order valence-corrected chi connectivity index (χ3v) is 2.98. The lowest BCUT2D eigenvalue weighted by molar-refractivity contribution is 0.181. The van der Waals surface area contributed by atoms with E-state index in [1.165, 1.54) is 11.1 Å². The molecule has 0 aliphatic carbocycles. The number of benzene rings is 1. The normalized spacial score (nSPS) is 10.6. The van der Waals surface area contributed by atoms with E-state index in [1.807, 2.05) is 18.2 Å². The standard InChI is InChI=1S/C14H16N2OS/c1-10-5-3-4-6-11(10)7-13-15-12(9-17-2)8-14(18)16-13/h3-6,8H,7,9H2,1-2H3,(H,15,16,18). The Morgan fingerprint density at radius 3 is 2.83 bits per heavy atom. The van der Waals surface area contributed by atoms with E-state index in [1.54, 1.807) is 7.11 Å². The number of nitrogens with one attached hydrogen (secondary N) is 1. The summed E-state index contributed by atoms with van der Waals surface area (Å²) in [7, 11) is 1.67. The van der Waals surface area contributed by atoms with Crippen LogP contribution < -0.4 is 0 Å². The molecule has 2 aromatic rings. The first kappa shape index (κ1) is 12.9. The van der Waals surface area contributed by atoms with Gasteiger partial charge >= 0.3 is 0 Å². The molecule has 0 radical (unpaired) electrons. The lowest BCUT2D eigenvalue weighted by Gasteiger charge is -2.07. The van der Waals surface area contributed by atoms with Gasteiger partial charge in [-0.1, -0.05) is 36.5 Å². The number of aromatic nitrogens is 2. The minimum atomic E-state index is 0.521. The molecular formula is C14H16N2OS. The van der Waals surface area contributed by atoms with Gasteiger partial charge in [0.2, 0.25) is 0 Å². The SMILES string of the molecule is COCc1cc(=S)nc(Cc2ccccc2C)[nH]1. The predicted molar refractivity (Wildman–Crippen MR) is 74.1 cm³/mol. The van der Waals surface area contributed by atoms with Crippen molar-refractivity contribution in [1.29, 1.82) is 0 Å². The fraction of sp³-hybridized carbons (Fsp3) is 0.286. The number of nitrogens with zero attached hydrogens (tertiary/aromatic N) is 1. The van der Waals surface area contributed by atoms with Gasteiger partial charge in [0.05, 0.1) is 6.61 Å². The summed E-state index contributed by atoms with van der Waals surface area (Å²) in [6.07, 6.45) is 0.758. The minimum Gasteiger partial charge on any atom is -0.378 e. The zero-order chi connectivity index (χ0) is 13.0. The van der Waals surface area contributed by atoms with E-state index in [2.05, 4.69) is 29.0 Å². The predicted octanol–water partition coefficient (Wildman–Crippen LogP) is 3.18. The summed E-state index contributed by atoms with van der Waals surface area (Å²) in [6.45, 7) is 2.62. The molecule has 0 saturated heterocycles. The Bertz CT molecular complexity index is 592.